The zero-order valence-electron chi connectivity index (χ0n) is 20.7. The number of ether oxygens (including phenoxy) is 1. The maximum absolute atomic E-state index is 13.4. The van der Waals surface area contributed by atoms with Crippen molar-refractivity contribution in [2.24, 2.45) is 5.92 Å². The van der Waals surface area contributed by atoms with Crippen LogP contribution in [0.4, 0.5) is 0 Å². The van der Waals surface area contributed by atoms with Crippen LogP contribution in [0.25, 0.3) is 23.0 Å². The van der Waals surface area contributed by atoms with Gasteiger partial charge in [0, 0.05) is 23.9 Å². The first-order chi connectivity index (χ1) is 17.4. The molecule has 1 unspecified atom stereocenters. The number of halogens is 1. The van der Waals surface area contributed by atoms with Crippen molar-refractivity contribution in [2.45, 2.75) is 39.5 Å². The van der Waals surface area contributed by atoms with Gasteiger partial charge in [-0.25, -0.2) is 4.68 Å². The van der Waals surface area contributed by atoms with Crippen LogP contribution >= 0.6 is 35.6 Å². The predicted octanol–water partition coefficient (Wildman–Crippen LogP) is 7.62. The van der Waals surface area contributed by atoms with Gasteiger partial charge in [-0.2, -0.15) is 5.10 Å². The number of rotatable bonds is 10. The first-order valence-electron chi connectivity index (χ1n) is 12.2. The zero-order chi connectivity index (χ0) is 25.7. The Morgan fingerprint density at radius 3 is 2.64 bits per heavy atom. The number of amides is 1. The van der Waals surface area contributed by atoms with Crippen LogP contribution in [0.15, 0.2) is 59.6 Å². The summed E-state index contributed by atoms with van der Waals surface area (Å²) >= 11 is 13.4. The second kappa shape index (κ2) is 12.1. The number of hydrogen-bond acceptors (Lipinski definition) is 5. The fourth-order valence-corrected chi connectivity index (χ4v) is 5.74. The minimum atomic E-state index is -0.0360. The van der Waals surface area contributed by atoms with Gasteiger partial charge in [-0.1, -0.05) is 86.9 Å². The van der Waals surface area contributed by atoms with E-state index >= 15 is 0 Å². The topological polar surface area (TPSA) is 47.4 Å². The molecule has 0 saturated carbocycles. The number of hydrogen-bond donors (Lipinski definition) is 0. The van der Waals surface area contributed by atoms with Crippen molar-refractivity contribution < 1.29 is 9.53 Å². The summed E-state index contributed by atoms with van der Waals surface area (Å²) in [5.74, 6) is 1.01. The van der Waals surface area contributed by atoms with Gasteiger partial charge in [0.1, 0.15) is 15.8 Å². The summed E-state index contributed by atoms with van der Waals surface area (Å²) in [6.07, 6.45) is 8.28. The molecular formula is C28H30ClN3O2S2. The number of methoxy groups -OCH3 is 1. The molecule has 1 saturated heterocycles. The molecule has 0 aliphatic carbocycles. The largest absolute Gasteiger partial charge is 0.495 e. The summed E-state index contributed by atoms with van der Waals surface area (Å²) in [5, 5.41) is 5.35. The average molecular weight is 540 g/mol. The smallest absolute Gasteiger partial charge is 0.266 e. The zero-order valence-corrected chi connectivity index (χ0v) is 23.1. The van der Waals surface area contributed by atoms with Crippen molar-refractivity contribution in [3.05, 3.63) is 70.2 Å². The molecule has 0 spiro atoms. The van der Waals surface area contributed by atoms with E-state index in [1.54, 1.807) is 12.0 Å². The third kappa shape index (κ3) is 5.85. The van der Waals surface area contributed by atoms with Crippen LogP contribution in [0.3, 0.4) is 0 Å². The van der Waals surface area contributed by atoms with Crippen molar-refractivity contribution in [1.29, 1.82) is 0 Å². The maximum Gasteiger partial charge on any atom is 0.266 e. The second-order valence-electron chi connectivity index (χ2n) is 8.77. The molecule has 36 heavy (non-hydrogen) atoms. The van der Waals surface area contributed by atoms with E-state index in [2.05, 4.69) is 13.8 Å². The molecule has 1 amide bonds. The highest BCUT2D eigenvalue weighted by atomic mass is 35.5. The molecule has 5 nitrogen and oxygen atoms in total. The normalized spacial score (nSPS) is 15.7. The lowest BCUT2D eigenvalue weighted by Gasteiger charge is -2.21. The summed E-state index contributed by atoms with van der Waals surface area (Å²) in [6.45, 7) is 5.04. The van der Waals surface area contributed by atoms with E-state index < -0.39 is 0 Å². The van der Waals surface area contributed by atoms with E-state index in [0.29, 0.717) is 32.5 Å². The molecular weight excluding hydrogens is 510 g/mol. The highest BCUT2D eigenvalue weighted by molar-refractivity contribution is 8.26. The molecule has 2 aromatic carbocycles. The Morgan fingerprint density at radius 1 is 1.19 bits per heavy atom. The Kier molecular flexibility index (Phi) is 8.88. The van der Waals surface area contributed by atoms with Gasteiger partial charge >= 0.3 is 0 Å². The molecule has 1 atom stereocenters. The third-order valence-corrected chi connectivity index (χ3v) is 8.01. The number of carbonyl (C=O) groups excluding carboxylic acids is 1. The van der Waals surface area contributed by atoms with Crippen LogP contribution in [0.1, 0.15) is 45.1 Å². The Hall–Kier alpha value is -2.61. The van der Waals surface area contributed by atoms with Gasteiger partial charge in [-0.15, -0.1) is 0 Å². The van der Waals surface area contributed by atoms with Gasteiger partial charge in [0.25, 0.3) is 5.91 Å². The molecule has 8 heteroatoms. The Bertz CT molecular complexity index is 1270. The number of benzene rings is 2. The monoisotopic (exact) mass is 539 g/mol. The van der Waals surface area contributed by atoms with Crippen LogP contribution in [0.5, 0.6) is 5.75 Å². The molecule has 188 valence electrons. The van der Waals surface area contributed by atoms with Gasteiger partial charge in [0.05, 0.1) is 22.7 Å². The van der Waals surface area contributed by atoms with Gasteiger partial charge < -0.3 is 4.74 Å². The SMILES string of the molecule is CCCCC(CC)CN1C(=O)/C(=C/c2cn(-c3ccccc3)nc2-c2ccc(OC)c(Cl)c2)SC1=S. The van der Waals surface area contributed by atoms with Crippen LogP contribution in [0, 0.1) is 5.92 Å². The van der Waals surface area contributed by atoms with Crippen LogP contribution in [-0.2, 0) is 4.79 Å². The number of aromatic nitrogens is 2. The van der Waals surface area contributed by atoms with Crippen LogP contribution in [0.2, 0.25) is 5.02 Å². The first kappa shape index (κ1) is 26.5. The standard InChI is InChI=1S/C28H30ClN3O2S2/c1-4-6-10-19(5-2)17-31-27(33)25(36-28(31)35)16-21-18-32(22-11-8-7-9-12-22)30-26(21)20-13-14-24(34-3)23(29)15-20/h7-9,11-16,18-19H,4-6,10,17H2,1-3H3/b25-16-. The summed E-state index contributed by atoms with van der Waals surface area (Å²) in [4.78, 5) is 15.8. The summed E-state index contributed by atoms with van der Waals surface area (Å²) < 4.78 is 7.75. The van der Waals surface area contributed by atoms with E-state index in [1.165, 1.54) is 11.8 Å². The highest BCUT2D eigenvalue weighted by Gasteiger charge is 2.33. The van der Waals surface area contributed by atoms with Gasteiger partial charge in [-0.05, 0) is 48.7 Å². The molecule has 1 aliphatic rings. The van der Waals surface area contributed by atoms with E-state index in [1.807, 2.05) is 65.5 Å². The molecule has 1 fully saturated rings. The van der Waals surface area contributed by atoms with Crippen molar-refractivity contribution >= 4 is 51.9 Å². The second-order valence-corrected chi connectivity index (χ2v) is 10.9. The van der Waals surface area contributed by atoms with Crippen molar-refractivity contribution in [2.75, 3.05) is 13.7 Å². The minimum absolute atomic E-state index is 0.0360. The van der Waals surface area contributed by atoms with Gasteiger partial charge in [-0.3, -0.25) is 9.69 Å². The molecule has 2 heterocycles. The van der Waals surface area contributed by atoms with E-state index in [9.17, 15) is 4.79 Å². The molecule has 1 aromatic heterocycles. The van der Waals surface area contributed by atoms with Gasteiger partial charge in [0.15, 0.2) is 0 Å². The summed E-state index contributed by atoms with van der Waals surface area (Å²) in [7, 11) is 1.59. The van der Waals surface area contributed by atoms with E-state index in [-0.39, 0.29) is 5.91 Å². The van der Waals surface area contributed by atoms with Crippen molar-refractivity contribution in [3.63, 3.8) is 0 Å². The molecule has 0 N–H and O–H groups in total. The lowest BCUT2D eigenvalue weighted by Crippen LogP contribution is -2.33. The minimum Gasteiger partial charge on any atom is -0.495 e. The number of thioether (sulfide) groups is 1. The quantitative estimate of drug-likeness (QED) is 0.196. The van der Waals surface area contributed by atoms with Gasteiger partial charge in [0.2, 0.25) is 0 Å². The lowest BCUT2D eigenvalue weighted by molar-refractivity contribution is -0.122. The van der Waals surface area contributed by atoms with Crippen LogP contribution < -0.4 is 4.74 Å². The Morgan fingerprint density at radius 2 is 1.97 bits per heavy atom. The fraction of sp³-hybridized carbons (Fsp3) is 0.321. The number of thiocarbonyl (C=S) groups is 1. The fourth-order valence-electron chi connectivity index (χ4n) is 4.22. The van der Waals surface area contributed by atoms with Crippen molar-refractivity contribution in [3.8, 4) is 22.7 Å². The Labute approximate surface area is 227 Å². The number of carbonyl (C=O) groups is 1. The molecule has 4 rings (SSSR count). The molecule has 1 aliphatic heterocycles. The number of nitrogens with zero attached hydrogens (tertiary/aromatic N) is 3. The number of unbranched alkanes of at least 4 members (excludes halogenated alkanes) is 1. The third-order valence-electron chi connectivity index (χ3n) is 6.33. The molecule has 3 aromatic rings. The molecule has 0 bridgehead atoms. The van der Waals surface area contributed by atoms with E-state index in [0.717, 1.165) is 48.2 Å². The van der Waals surface area contributed by atoms with E-state index in [4.69, 9.17) is 33.7 Å². The highest BCUT2D eigenvalue weighted by Crippen LogP contribution is 2.37. The summed E-state index contributed by atoms with van der Waals surface area (Å²) in [5.41, 5.74) is 3.30. The predicted molar refractivity (Wildman–Crippen MR) is 154 cm³/mol. The molecule has 0 radical (unpaired) electrons. The van der Waals surface area contributed by atoms with Crippen LogP contribution in [-0.4, -0.2) is 38.6 Å². The first-order valence-corrected chi connectivity index (χ1v) is 13.8. The summed E-state index contributed by atoms with van der Waals surface area (Å²) in [6, 6.07) is 15.5. The number of para-hydroxylation sites is 1. The Balaban J connectivity index is 1.70. The van der Waals surface area contributed by atoms with Crippen molar-refractivity contribution in [1.82, 2.24) is 14.7 Å². The lowest BCUT2D eigenvalue weighted by atomic mass is 9.99. The average Bonchev–Trinajstić information content (AvgIpc) is 3.43. The maximum atomic E-state index is 13.4.